The maximum Gasteiger partial charge on any atom is 0.205 e. The van der Waals surface area contributed by atoms with Gasteiger partial charge < -0.3 is 4.42 Å². The molecule has 13 heavy (non-hydrogen) atoms. The van der Waals surface area contributed by atoms with E-state index in [1.165, 1.54) is 0 Å². The molecule has 0 radical (unpaired) electrons. The van der Waals surface area contributed by atoms with E-state index in [0.29, 0.717) is 0 Å². The molecule has 1 aromatic carbocycles. The zero-order chi connectivity index (χ0) is 9.59. The third kappa shape index (κ3) is 0.929. The highest BCUT2D eigenvalue weighted by molar-refractivity contribution is 5.78. The molecule has 0 unspecified atom stereocenters. The quantitative estimate of drug-likeness (QED) is 0.353. The minimum Gasteiger partial charge on any atom is -0.461 e. The van der Waals surface area contributed by atoms with Crippen molar-refractivity contribution in [2.75, 3.05) is 0 Å². The zero-order valence-corrected chi connectivity index (χ0v) is 6.07. The van der Waals surface area contributed by atoms with Gasteiger partial charge in [-0.15, -0.1) is 0 Å². The Morgan fingerprint density at radius 2 is 1.46 bits per heavy atom. The predicted octanol–water partition coefficient (Wildman–Crippen LogP) is 2.99. The highest BCUT2D eigenvalue weighted by Crippen LogP contribution is 2.26. The lowest BCUT2D eigenvalue weighted by atomic mass is 10.2. The Morgan fingerprint density at radius 3 is 2.15 bits per heavy atom. The molecular formula is C8H2F4O. The summed E-state index contributed by atoms with van der Waals surface area (Å²) in [5.74, 6) is -6.65. The van der Waals surface area contributed by atoms with Crippen LogP contribution in [0.1, 0.15) is 0 Å². The molecule has 1 aromatic heterocycles. The van der Waals surface area contributed by atoms with Gasteiger partial charge in [0.25, 0.3) is 0 Å². The summed E-state index contributed by atoms with van der Waals surface area (Å²) in [6.45, 7) is 0. The number of hydrogen-bond acceptors (Lipinski definition) is 1. The molecule has 0 bridgehead atoms. The standard InChI is InChI=1S/C8H2F4O/c9-4-3-1-2-13-8(3)7(12)6(11)5(4)10/h1-2H. The van der Waals surface area contributed by atoms with Gasteiger partial charge in [0.1, 0.15) is 0 Å². The first kappa shape index (κ1) is 8.10. The van der Waals surface area contributed by atoms with Crippen molar-refractivity contribution in [2.24, 2.45) is 0 Å². The van der Waals surface area contributed by atoms with Crippen LogP contribution in [0.4, 0.5) is 17.6 Å². The number of hydrogen-bond donors (Lipinski definition) is 0. The fourth-order valence-corrected chi connectivity index (χ4v) is 1.06. The second-order valence-corrected chi connectivity index (χ2v) is 2.42. The summed E-state index contributed by atoms with van der Waals surface area (Å²) in [6, 6.07) is 1.02. The second-order valence-electron chi connectivity index (χ2n) is 2.42. The van der Waals surface area contributed by atoms with Gasteiger partial charge in [-0.05, 0) is 6.07 Å². The summed E-state index contributed by atoms with van der Waals surface area (Å²) in [7, 11) is 0. The molecule has 1 heterocycles. The van der Waals surface area contributed by atoms with Crippen molar-refractivity contribution >= 4 is 11.0 Å². The Bertz CT molecular complexity index is 432. The Morgan fingerprint density at radius 1 is 0.846 bits per heavy atom. The summed E-state index contributed by atoms with van der Waals surface area (Å²) in [4.78, 5) is 0. The largest absolute Gasteiger partial charge is 0.461 e. The topological polar surface area (TPSA) is 13.1 Å². The highest BCUT2D eigenvalue weighted by Gasteiger charge is 2.21. The van der Waals surface area contributed by atoms with E-state index in [-0.39, 0.29) is 0 Å². The van der Waals surface area contributed by atoms with E-state index in [1.807, 2.05) is 0 Å². The van der Waals surface area contributed by atoms with Crippen LogP contribution in [0.3, 0.4) is 0 Å². The van der Waals surface area contributed by atoms with Crippen molar-refractivity contribution in [3.8, 4) is 0 Å². The van der Waals surface area contributed by atoms with E-state index in [0.717, 1.165) is 12.3 Å². The second kappa shape index (κ2) is 2.48. The van der Waals surface area contributed by atoms with Crippen LogP contribution in [0, 0.1) is 23.3 Å². The van der Waals surface area contributed by atoms with Crippen molar-refractivity contribution in [1.29, 1.82) is 0 Å². The van der Waals surface area contributed by atoms with E-state index < -0.39 is 34.2 Å². The van der Waals surface area contributed by atoms with Crippen molar-refractivity contribution in [2.45, 2.75) is 0 Å². The van der Waals surface area contributed by atoms with Crippen LogP contribution in [0.5, 0.6) is 0 Å². The summed E-state index contributed by atoms with van der Waals surface area (Å²) in [6.07, 6.45) is 0.954. The molecule has 0 amide bonds. The molecule has 0 aliphatic carbocycles. The van der Waals surface area contributed by atoms with E-state index in [9.17, 15) is 17.6 Å². The third-order valence-corrected chi connectivity index (χ3v) is 1.68. The fourth-order valence-electron chi connectivity index (χ4n) is 1.06. The lowest BCUT2D eigenvalue weighted by molar-refractivity contribution is 0.410. The van der Waals surface area contributed by atoms with E-state index >= 15 is 0 Å². The molecule has 0 saturated heterocycles. The Kier molecular flexibility index (Phi) is 1.55. The van der Waals surface area contributed by atoms with Gasteiger partial charge in [-0.3, -0.25) is 0 Å². The number of furan rings is 1. The molecule has 5 heteroatoms. The van der Waals surface area contributed by atoms with Gasteiger partial charge >= 0.3 is 0 Å². The number of rotatable bonds is 0. The van der Waals surface area contributed by atoms with Crippen molar-refractivity contribution in [3.63, 3.8) is 0 Å². The third-order valence-electron chi connectivity index (χ3n) is 1.68. The zero-order valence-electron chi connectivity index (χ0n) is 6.07. The van der Waals surface area contributed by atoms with Crippen LogP contribution in [-0.4, -0.2) is 0 Å². The van der Waals surface area contributed by atoms with Crippen LogP contribution >= 0.6 is 0 Å². The molecule has 0 aliphatic heterocycles. The highest BCUT2D eigenvalue weighted by atomic mass is 19.2. The molecule has 0 fully saturated rings. The minimum atomic E-state index is -1.86. The number of halogens is 4. The summed E-state index contributed by atoms with van der Waals surface area (Å²) < 4.78 is 55.2. The molecule has 2 rings (SSSR count). The van der Waals surface area contributed by atoms with Crippen molar-refractivity contribution in [1.82, 2.24) is 0 Å². The Hall–Kier alpha value is -1.52. The van der Waals surface area contributed by atoms with Crippen LogP contribution in [0.25, 0.3) is 11.0 Å². The van der Waals surface area contributed by atoms with Gasteiger partial charge in [0.2, 0.25) is 11.6 Å². The molecule has 0 saturated carbocycles. The van der Waals surface area contributed by atoms with Gasteiger partial charge in [-0.2, -0.15) is 4.39 Å². The van der Waals surface area contributed by atoms with Crippen LogP contribution in [-0.2, 0) is 0 Å². The van der Waals surface area contributed by atoms with Gasteiger partial charge in [-0.1, -0.05) is 0 Å². The van der Waals surface area contributed by atoms with Crippen LogP contribution in [0.2, 0.25) is 0 Å². The first-order valence-electron chi connectivity index (χ1n) is 3.32. The average molecular weight is 190 g/mol. The predicted molar refractivity (Wildman–Crippen MR) is 36.0 cm³/mol. The normalized spacial score (nSPS) is 11.1. The van der Waals surface area contributed by atoms with Crippen LogP contribution in [0.15, 0.2) is 16.7 Å². The number of fused-ring (bicyclic) bond motifs is 1. The maximum atomic E-state index is 12.8. The maximum absolute atomic E-state index is 12.8. The van der Waals surface area contributed by atoms with E-state index in [4.69, 9.17) is 0 Å². The summed E-state index contributed by atoms with van der Waals surface area (Å²) in [5.41, 5.74) is -0.614. The number of benzene rings is 1. The Balaban J connectivity index is 3.02. The molecule has 68 valence electrons. The smallest absolute Gasteiger partial charge is 0.205 e. The van der Waals surface area contributed by atoms with Gasteiger partial charge in [0, 0.05) is 0 Å². The van der Waals surface area contributed by atoms with E-state index in [1.54, 1.807) is 0 Å². The average Bonchev–Trinajstić information content (AvgIpc) is 2.59. The summed E-state index contributed by atoms with van der Waals surface area (Å²) in [5, 5.41) is -0.406. The van der Waals surface area contributed by atoms with E-state index in [2.05, 4.69) is 4.42 Å². The van der Waals surface area contributed by atoms with Crippen molar-refractivity contribution in [3.05, 3.63) is 35.6 Å². The monoisotopic (exact) mass is 190 g/mol. The molecule has 0 spiro atoms. The summed E-state index contributed by atoms with van der Waals surface area (Å²) >= 11 is 0. The Labute approximate surface area is 69.6 Å². The van der Waals surface area contributed by atoms with Crippen LogP contribution < -0.4 is 0 Å². The van der Waals surface area contributed by atoms with Gasteiger partial charge in [0.15, 0.2) is 17.2 Å². The molecule has 0 atom stereocenters. The lowest BCUT2D eigenvalue weighted by Crippen LogP contribution is -1.95. The molecule has 1 nitrogen and oxygen atoms in total. The minimum absolute atomic E-state index is 0.406. The lowest BCUT2D eigenvalue weighted by Gasteiger charge is -1.97. The fraction of sp³-hybridized carbons (Fsp3) is 0. The van der Waals surface area contributed by atoms with Gasteiger partial charge in [0.05, 0.1) is 11.6 Å². The first-order chi connectivity index (χ1) is 6.13. The SMILES string of the molecule is Fc1c(F)c(F)c2occc2c1F. The molecule has 0 N–H and O–H groups in total. The first-order valence-corrected chi connectivity index (χ1v) is 3.32. The molecular weight excluding hydrogens is 188 g/mol. The van der Waals surface area contributed by atoms with Crippen molar-refractivity contribution < 1.29 is 22.0 Å². The molecule has 2 aromatic rings. The van der Waals surface area contributed by atoms with Gasteiger partial charge in [-0.25, -0.2) is 13.2 Å². The molecule has 0 aliphatic rings.